The van der Waals surface area contributed by atoms with Crippen molar-refractivity contribution < 1.29 is 19.1 Å². The summed E-state index contributed by atoms with van der Waals surface area (Å²) >= 11 is 6.55. The number of nitrogens with one attached hydrogen (secondary N) is 2. The van der Waals surface area contributed by atoms with Crippen LogP contribution in [0.1, 0.15) is 35.1 Å². The second-order valence-corrected chi connectivity index (χ2v) is 7.05. The number of allylic oxidation sites excluding steroid dienone is 1. The molecule has 1 aliphatic rings. The van der Waals surface area contributed by atoms with Crippen molar-refractivity contribution in [1.82, 2.24) is 10.6 Å². The van der Waals surface area contributed by atoms with Crippen LogP contribution >= 0.6 is 23.6 Å². The van der Waals surface area contributed by atoms with E-state index in [4.69, 9.17) is 21.7 Å². The van der Waals surface area contributed by atoms with Gasteiger partial charge in [0.25, 0.3) is 0 Å². The van der Waals surface area contributed by atoms with Gasteiger partial charge in [0.1, 0.15) is 10.6 Å². The number of thiocarbonyl (C=S) groups is 1. The van der Waals surface area contributed by atoms with Crippen LogP contribution in [-0.2, 0) is 9.53 Å². The molecule has 0 aliphatic carbocycles. The van der Waals surface area contributed by atoms with Crippen molar-refractivity contribution in [2.75, 3.05) is 6.61 Å². The van der Waals surface area contributed by atoms with Gasteiger partial charge in [-0.25, -0.2) is 9.59 Å². The summed E-state index contributed by atoms with van der Waals surface area (Å²) in [5.41, 5.74) is 1.61. The lowest BCUT2D eigenvalue weighted by Gasteiger charge is -2.30. The number of hydrogen-bond donors (Lipinski definition) is 2. The lowest BCUT2D eigenvalue weighted by molar-refractivity contribution is -0.139. The minimum absolute atomic E-state index is 0.252. The number of rotatable bonds is 5. The summed E-state index contributed by atoms with van der Waals surface area (Å²) in [5, 5.41) is 8.20. The van der Waals surface area contributed by atoms with Gasteiger partial charge in [0.05, 0.1) is 18.2 Å². The third kappa shape index (κ3) is 4.17. The molecule has 1 atom stereocenters. The fraction of sp³-hybridized carbons (Fsp3) is 0.211. The average molecular weight is 402 g/mol. The van der Waals surface area contributed by atoms with Crippen LogP contribution in [-0.4, -0.2) is 23.7 Å². The van der Waals surface area contributed by atoms with Crippen LogP contribution in [0.4, 0.5) is 0 Å². The molecule has 0 saturated carbocycles. The average Bonchev–Trinajstić information content (AvgIpc) is 3.16. The Bertz CT molecular complexity index is 906. The van der Waals surface area contributed by atoms with E-state index in [1.807, 2.05) is 6.07 Å². The largest absolute Gasteiger partial charge is 0.463 e. The summed E-state index contributed by atoms with van der Waals surface area (Å²) in [5.74, 6) is -0.554. The molecule has 0 fully saturated rings. The Hall–Kier alpha value is -2.71. The van der Waals surface area contributed by atoms with Crippen LogP contribution in [0.5, 0.6) is 5.75 Å². The molecule has 2 heterocycles. The number of para-hydroxylation sites is 1. The fourth-order valence-electron chi connectivity index (χ4n) is 2.76. The molecule has 1 aromatic heterocycles. The second kappa shape index (κ2) is 8.32. The first-order chi connectivity index (χ1) is 13.0. The first-order valence-electron chi connectivity index (χ1n) is 8.31. The summed E-state index contributed by atoms with van der Waals surface area (Å²) in [6.07, 6.45) is 0. The smallest absolute Gasteiger partial charge is 0.353 e. The molecule has 1 aliphatic heterocycles. The predicted molar refractivity (Wildman–Crippen MR) is 107 cm³/mol. The number of carbonyl (C=O) groups excluding carboxylic acids is 2. The molecular weight excluding hydrogens is 384 g/mol. The quantitative estimate of drug-likeness (QED) is 0.451. The molecular formula is C19H18N2O4S2. The van der Waals surface area contributed by atoms with E-state index in [-0.39, 0.29) is 6.61 Å². The molecule has 2 N–H and O–H groups in total. The number of carbonyl (C=O) groups is 2. The van der Waals surface area contributed by atoms with Crippen LogP contribution in [0, 0.1) is 0 Å². The standard InChI is InChI=1S/C19H18N2O4S2/c1-3-24-18(23)15-11(2)20-19(26)21-16(15)12-7-4-5-8-13(12)25-17(22)14-9-6-10-27-14/h4-10,16H,3H2,1-2H3,(H2,20,21,26)/t16-/m1/s1. The lowest BCUT2D eigenvalue weighted by Crippen LogP contribution is -2.45. The zero-order valence-corrected chi connectivity index (χ0v) is 16.4. The first kappa shape index (κ1) is 19.1. The molecule has 0 spiro atoms. The fourth-order valence-corrected chi connectivity index (χ4v) is 3.63. The monoisotopic (exact) mass is 402 g/mol. The summed E-state index contributed by atoms with van der Waals surface area (Å²) in [6.45, 7) is 3.75. The van der Waals surface area contributed by atoms with E-state index in [1.165, 1.54) is 11.3 Å². The highest BCUT2D eigenvalue weighted by atomic mass is 32.1. The van der Waals surface area contributed by atoms with Crippen LogP contribution in [0.15, 0.2) is 53.0 Å². The van der Waals surface area contributed by atoms with Gasteiger partial charge in [-0.3, -0.25) is 0 Å². The molecule has 27 heavy (non-hydrogen) atoms. The molecule has 8 heteroatoms. The van der Waals surface area contributed by atoms with Gasteiger partial charge < -0.3 is 20.1 Å². The van der Waals surface area contributed by atoms with Gasteiger partial charge in [-0.15, -0.1) is 11.3 Å². The topological polar surface area (TPSA) is 76.7 Å². The number of ether oxygens (including phenoxy) is 2. The Morgan fingerprint density at radius 2 is 1.96 bits per heavy atom. The third-order valence-electron chi connectivity index (χ3n) is 3.92. The summed E-state index contributed by atoms with van der Waals surface area (Å²) < 4.78 is 10.8. The van der Waals surface area contributed by atoms with Gasteiger partial charge in [-0.2, -0.15) is 0 Å². The van der Waals surface area contributed by atoms with Gasteiger partial charge in [0.15, 0.2) is 5.11 Å². The Balaban J connectivity index is 1.99. The van der Waals surface area contributed by atoms with E-state index in [2.05, 4.69) is 10.6 Å². The van der Waals surface area contributed by atoms with Gasteiger partial charge in [-0.1, -0.05) is 24.3 Å². The van der Waals surface area contributed by atoms with E-state index < -0.39 is 18.0 Å². The summed E-state index contributed by atoms with van der Waals surface area (Å²) in [6, 6.07) is 9.93. The number of hydrogen-bond acceptors (Lipinski definition) is 6. The van der Waals surface area contributed by atoms with E-state index >= 15 is 0 Å². The van der Waals surface area contributed by atoms with Gasteiger partial charge in [-0.05, 0) is 43.6 Å². The maximum atomic E-state index is 12.5. The maximum Gasteiger partial charge on any atom is 0.353 e. The van der Waals surface area contributed by atoms with Gasteiger partial charge >= 0.3 is 11.9 Å². The van der Waals surface area contributed by atoms with E-state index in [0.717, 1.165) is 0 Å². The molecule has 0 radical (unpaired) electrons. The first-order valence-corrected chi connectivity index (χ1v) is 9.60. The molecule has 0 bridgehead atoms. The third-order valence-corrected chi connectivity index (χ3v) is 4.99. The second-order valence-electron chi connectivity index (χ2n) is 5.70. The van der Waals surface area contributed by atoms with Crippen molar-refractivity contribution in [3.05, 3.63) is 63.5 Å². The Kier molecular flexibility index (Phi) is 5.88. The highest BCUT2D eigenvalue weighted by molar-refractivity contribution is 7.80. The van der Waals surface area contributed by atoms with Crippen LogP contribution in [0.25, 0.3) is 0 Å². The van der Waals surface area contributed by atoms with Crippen molar-refractivity contribution in [1.29, 1.82) is 0 Å². The van der Waals surface area contributed by atoms with E-state index in [0.29, 0.717) is 32.6 Å². The minimum Gasteiger partial charge on any atom is -0.463 e. The molecule has 140 valence electrons. The zero-order valence-electron chi connectivity index (χ0n) is 14.8. The predicted octanol–water partition coefficient (Wildman–Crippen LogP) is 3.32. The SMILES string of the molecule is CCOC(=O)C1=C(C)NC(=S)N[C@@H]1c1ccccc1OC(=O)c1cccs1. The molecule has 0 unspecified atom stereocenters. The van der Waals surface area contributed by atoms with Crippen molar-refractivity contribution in [2.24, 2.45) is 0 Å². The minimum atomic E-state index is -0.592. The van der Waals surface area contributed by atoms with Crippen LogP contribution < -0.4 is 15.4 Å². The van der Waals surface area contributed by atoms with Gasteiger partial charge in [0.2, 0.25) is 0 Å². The lowest BCUT2D eigenvalue weighted by atomic mass is 9.95. The van der Waals surface area contributed by atoms with E-state index in [9.17, 15) is 9.59 Å². The molecule has 0 saturated heterocycles. The van der Waals surface area contributed by atoms with Crippen molar-refractivity contribution in [3.8, 4) is 5.75 Å². The van der Waals surface area contributed by atoms with Gasteiger partial charge in [0, 0.05) is 11.3 Å². The molecule has 0 amide bonds. The molecule has 6 nitrogen and oxygen atoms in total. The Morgan fingerprint density at radius 3 is 2.67 bits per heavy atom. The van der Waals surface area contributed by atoms with Crippen LogP contribution in [0.2, 0.25) is 0 Å². The van der Waals surface area contributed by atoms with Crippen molar-refractivity contribution in [3.63, 3.8) is 0 Å². The Labute approximate surface area is 166 Å². The Morgan fingerprint density at radius 1 is 1.19 bits per heavy atom. The van der Waals surface area contributed by atoms with Crippen LogP contribution in [0.3, 0.4) is 0 Å². The number of thiophene rings is 1. The molecule has 1 aromatic carbocycles. The van der Waals surface area contributed by atoms with Crippen molar-refractivity contribution in [2.45, 2.75) is 19.9 Å². The normalized spacial score (nSPS) is 16.4. The van der Waals surface area contributed by atoms with E-state index in [1.54, 1.807) is 49.6 Å². The highest BCUT2D eigenvalue weighted by Crippen LogP contribution is 2.34. The highest BCUT2D eigenvalue weighted by Gasteiger charge is 2.33. The zero-order chi connectivity index (χ0) is 19.4. The number of benzene rings is 1. The molecule has 2 aromatic rings. The maximum absolute atomic E-state index is 12.5. The summed E-state index contributed by atoms with van der Waals surface area (Å²) in [4.78, 5) is 25.4. The summed E-state index contributed by atoms with van der Waals surface area (Å²) in [7, 11) is 0. The molecule has 3 rings (SSSR count). The van der Waals surface area contributed by atoms with Crippen molar-refractivity contribution >= 4 is 40.6 Å². The number of esters is 2.